The van der Waals surface area contributed by atoms with Gasteiger partial charge in [-0.2, -0.15) is 4.98 Å². The number of hydrogen-bond donors (Lipinski definition) is 2. The van der Waals surface area contributed by atoms with Crippen molar-refractivity contribution in [3.8, 4) is 5.82 Å². The predicted molar refractivity (Wildman–Crippen MR) is 97.4 cm³/mol. The predicted octanol–water partition coefficient (Wildman–Crippen LogP) is 3.04. The molecule has 1 aliphatic rings. The first kappa shape index (κ1) is 16.5. The summed E-state index contributed by atoms with van der Waals surface area (Å²) in [5.41, 5.74) is 0.805. The number of rotatable bonds is 4. The van der Waals surface area contributed by atoms with Crippen LogP contribution in [-0.4, -0.2) is 36.7 Å². The molecule has 0 radical (unpaired) electrons. The Hall–Kier alpha value is -3.00. The van der Waals surface area contributed by atoms with Gasteiger partial charge in [0.1, 0.15) is 5.82 Å². The van der Waals surface area contributed by atoms with E-state index < -0.39 is 0 Å². The van der Waals surface area contributed by atoms with Gasteiger partial charge in [-0.3, -0.25) is 10.1 Å². The van der Waals surface area contributed by atoms with E-state index in [-0.39, 0.29) is 22.8 Å². The van der Waals surface area contributed by atoms with Crippen LogP contribution in [-0.2, 0) is 0 Å². The zero-order valence-corrected chi connectivity index (χ0v) is 14.1. The van der Waals surface area contributed by atoms with E-state index in [2.05, 4.69) is 15.3 Å². The summed E-state index contributed by atoms with van der Waals surface area (Å²) in [5, 5.41) is 24.7. The van der Waals surface area contributed by atoms with Gasteiger partial charge in [0.2, 0.25) is 5.95 Å². The third-order valence-corrected chi connectivity index (χ3v) is 4.82. The van der Waals surface area contributed by atoms with Crippen molar-refractivity contribution in [1.29, 1.82) is 0 Å². The Morgan fingerprint density at radius 1 is 1.19 bits per heavy atom. The first-order valence-electron chi connectivity index (χ1n) is 8.64. The molecule has 134 valence electrons. The number of nitro benzene ring substituents is 1. The average Bonchev–Trinajstić information content (AvgIpc) is 3.08. The van der Waals surface area contributed by atoms with Crippen LogP contribution in [0.4, 0.5) is 11.6 Å². The quantitative estimate of drug-likeness (QED) is 0.551. The Labute approximate surface area is 149 Å². The highest BCUT2D eigenvalue weighted by Crippen LogP contribution is 2.28. The molecule has 0 spiro atoms. The molecule has 26 heavy (non-hydrogen) atoms. The summed E-state index contributed by atoms with van der Waals surface area (Å²) < 4.78 is 1.82. The third-order valence-electron chi connectivity index (χ3n) is 4.82. The van der Waals surface area contributed by atoms with Crippen molar-refractivity contribution in [2.45, 2.75) is 37.8 Å². The number of benzene rings is 1. The van der Waals surface area contributed by atoms with E-state index >= 15 is 0 Å². The number of aliphatic hydroxyl groups excluding tert-OH is 1. The molecule has 0 unspecified atom stereocenters. The molecule has 0 saturated heterocycles. The minimum absolute atomic E-state index is 0.0782. The standard InChI is InChI=1S/C18H19N5O3/c24-13-6-4-12(5-7-13)20-18-19-10-8-17(21-18)22-11-9-14-15(22)2-1-3-16(14)23(25)26/h1-3,8-13,24H,4-7H2,(H,19,20,21)/t12-,13-. The topological polar surface area (TPSA) is 106 Å². The lowest BCUT2D eigenvalue weighted by Gasteiger charge is -2.26. The lowest BCUT2D eigenvalue weighted by molar-refractivity contribution is -0.383. The molecule has 1 fully saturated rings. The minimum atomic E-state index is -0.378. The molecule has 0 amide bonds. The summed E-state index contributed by atoms with van der Waals surface area (Å²) in [4.78, 5) is 19.7. The van der Waals surface area contributed by atoms with Crippen molar-refractivity contribution in [2.75, 3.05) is 5.32 Å². The van der Waals surface area contributed by atoms with Crippen molar-refractivity contribution in [1.82, 2.24) is 14.5 Å². The fourth-order valence-electron chi connectivity index (χ4n) is 3.47. The number of nitro groups is 1. The summed E-state index contributed by atoms with van der Waals surface area (Å²) in [6, 6.07) is 8.75. The number of anilines is 1. The molecular formula is C18H19N5O3. The monoisotopic (exact) mass is 353 g/mol. The van der Waals surface area contributed by atoms with Crippen LogP contribution < -0.4 is 5.32 Å². The highest BCUT2D eigenvalue weighted by Gasteiger charge is 2.20. The normalized spacial score (nSPS) is 20.2. The summed E-state index contributed by atoms with van der Waals surface area (Å²) >= 11 is 0. The van der Waals surface area contributed by atoms with Crippen LogP contribution in [0.25, 0.3) is 16.7 Å². The van der Waals surface area contributed by atoms with Crippen LogP contribution in [0.3, 0.4) is 0 Å². The fraction of sp³-hybridized carbons (Fsp3) is 0.333. The van der Waals surface area contributed by atoms with Crippen LogP contribution in [0.1, 0.15) is 25.7 Å². The van der Waals surface area contributed by atoms with Gasteiger partial charge >= 0.3 is 0 Å². The van der Waals surface area contributed by atoms with Crippen LogP contribution in [0, 0.1) is 10.1 Å². The Balaban J connectivity index is 1.64. The van der Waals surface area contributed by atoms with E-state index in [0.29, 0.717) is 17.2 Å². The molecule has 4 rings (SSSR count). The summed E-state index contributed by atoms with van der Waals surface area (Å²) in [5.74, 6) is 1.17. The molecule has 0 bridgehead atoms. The second-order valence-corrected chi connectivity index (χ2v) is 6.54. The van der Waals surface area contributed by atoms with E-state index in [4.69, 9.17) is 0 Å². The van der Waals surface area contributed by atoms with Crippen molar-refractivity contribution in [2.24, 2.45) is 0 Å². The van der Waals surface area contributed by atoms with Gasteiger partial charge in [0.25, 0.3) is 5.69 Å². The second-order valence-electron chi connectivity index (χ2n) is 6.54. The Morgan fingerprint density at radius 2 is 2.00 bits per heavy atom. The van der Waals surface area contributed by atoms with E-state index in [1.807, 2.05) is 10.6 Å². The number of nitrogens with zero attached hydrogens (tertiary/aromatic N) is 4. The molecule has 2 N–H and O–H groups in total. The maximum atomic E-state index is 11.2. The zero-order chi connectivity index (χ0) is 18.1. The van der Waals surface area contributed by atoms with Gasteiger partial charge in [-0.15, -0.1) is 0 Å². The summed E-state index contributed by atoms with van der Waals surface area (Å²) in [6.45, 7) is 0. The molecule has 0 atom stereocenters. The number of hydrogen-bond acceptors (Lipinski definition) is 6. The second kappa shape index (κ2) is 6.72. The van der Waals surface area contributed by atoms with Gasteiger partial charge in [-0.05, 0) is 43.9 Å². The van der Waals surface area contributed by atoms with Crippen molar-refractivity contribution in [3.63, 3.8) is 0 Å². The van der Waals surface area contributed by atoms with Gasteiger partial charge in [0, 0.05) is 24.5 Å². The molecular weight excluding hydrogens is 334 g/mol. The van der Waals surface area contributed by atoms with Gasteiger partial charge in [0.15, 0.2) is 0 Å². The first-order valence-corrected chi connectivity index (χ1v) is 8.64. The fourth-order valence-corrected chi connectivity index (χ4v) is 3.47. The SMILES string of the molecule is O=[N+]([O-])c1cccc2c1ccn2-c1ccnc(N[C@H]2CC[C@H](O)CC2)n1. The Bertz CT molecular complexity index is 947. The average molecular weight is 353 g/mol. The zero-order valence-electron chi connectivity index (χ0n) is 14.1. The van der Waals surface area contributed by atoms with Crippen molar-refractivity contribution >= 4 is 22.5 Å². The number of fused-ring (bicyclic) bond motifs is 1. The van der Waals surface area contributed by atoms with Gasteiger partial charge < -0.3 is 15.0 Å². The molecule has 2 aromatic heterocycles. The van der Waals surface area contributed by atoms with Crippen LogP contribution in [0.5, 0.6) is 0 Å². The van der Waals surface area contributed by atoms with Crippen LogP contribution in [0.15, 0.2) is 42.7 Å². The summed E-state index contributed by atoms with van der Waals surface area (Å²) in [7, 11) is 0. The largest absolute Gasteiger partial charge is 0.393 e. The highest BCUT2D eigenvalue weighted by atomic mass is 16.6. The van der Waals surface area contributed by atoms with Crippen LogP contribution in [0.2, 0.25) is 0 Å². The van der Waals surface area contributed by atoms with Gasteiger partial charge in [-0.25, -0.2) is 4.98 Å². The number of nitrogens with one attached hydrogen (secondary N) is 1. The molecule has 1 aromatic carbocycles. The van der Waals surface area contributed by atoms with E-state index in [0.717, 1.165) is 31.2 Å². The molecule has 1 aliphatic carbocycles. The van der Waals surface area contributed by atoms with E-state index in [9.17, 15) is 15.2 Å². The Morgan fingerprint density at radius 3 is 2.77 bits per heavy atom. The number of non-ortho nitro benzene ring substituents is 1. The van der Waals surface area contributed by atoms with Crippen molar-refractivity contribution in [3.05, 3.63) is 52.8 Å². The molecule has 1 saturated carbocycles. The number of aliphatic hydroxyl groups is 1. The molecule has 8 nitrogen and oxygen atoms in total. The lowest BCUT2D eigenvalue weighted by Crippen LogP contribution is -2.29. The summed E-state index contributed by atoms with van der Waals surface area (Å²) in [6.07, 6.45) is 6.57. The minimum Gasteiger partial charge on any atom is -0.393 e. The van der Waals surface area contributed by atoms with E-state index in [1.165, 1.54) is 6.07 Å². The van der Waals surface area contributed by atoms with Crippen LogP contribution >= 0.6 is 0 Å². The number of aromatic nitrogens is 3. The Kier molecular flexibility index (Phi) is 4.26. The van der Waals surface area contributed by atoms with Gasteiger partial charge in [0.05, 0.1) is 21.9 Å². The molecule has 3 aromatic rings. The molecule has 2 heterocycles. The highest BCUT2D eigenvalue weighted by molar-refractivity contribution is 5.90. The third kappa shape index (κ3) is 3.11. The lowest BCUT2D eigenvalue weighted by atomic mass is 9.93. The van der Waals surface area contributed by atoms with Gasteiger partial charge in [-0.1, -0.05) is 6.07 Å². The first-order chi connectivity index (χ1) is 12.6. The van der Waals surface area contributed by atoms with Crippen molar-refractivity contribution < 1.29 is 10.0 Å². The maximum absolute atomic E-state index is 11.2. The molecule has 0 aliphatic heterocycles. The smallest absolute Gasteiger partial charge is 0.278 e. The van der Waals surface area contributed by atoms with E-state index in [1.54, 1.807) is 30.6 Å². The maximum Gasteiger partial charge on any atom is 0.278 e. The molecule has 8 heteroatoms.